The molecule has 0 aromatic heterocycles. The number of aliphatic carboxylic acids is 1. The predicted molar refractivity (Wildman–Crippen MR) is 121 cm³/mol. The van der Waals surface area contributed by atoms with E-state index in [9.17, 15) is 24.3 Å². The average Bonchev–Trinajstić information content (AvgIpc) is 3.19. The van der Waals surface area contributed by atoms with Crippen LogP contribution in [0.5, 0.6) is 0 Å². The van der Waals surface area contributed by atoms with Gasteiger partial charge in [-0.1, -0.05) is 27.7 Å². The minimum absolute atomic E-state index is 0.233. The van der Waals surface area contributed by atoms with Crippen molar-refractivity contribution in [3.8, 4) is 0 Å². The molecule has 10 heteroatoms. The number of unbranched alkanes of at least 4 members (excludes halogenated alkanes) is 1. The summed E-state index contributed by atoms with van der Waals surface area (Å²) in [5, 5.41) is 14.7. The fourth-order valence-corrected chi connectivity index (χ4v) is 3.91. The predicted octanol–water partition coefficient (Wildman–Crippen LogP) is 0.190. The Labute approximate surface area is 190 Å². The van der Waals surface area contributed by atoms with Crippen LogP contribution in [0.25, 0.3) is 0 Å². The molecular formula is C22H41N5O5. The first-order valence-corrected chi connectivity index (χ1v) is 11.6. The van der Waals surface area contributed by atoms with Crippen molar-refractivity contribution in [1.29, 1.82) is 0 Å². The van der Waals surface area contributed by atoms with E-state index in [-0.39, 0.29) is 17.7 Å². The number of rotatable bonds is 13. The Morgan fingerprint density at radius 2 is 1.75 bits per heavy atom. The standard InChI is InChI=1S/C22H41N5O5/c1-13(2)12-15(24)19(28)25-16(8-5-6-10-23)21(30)27-11-7-9-17(27)20(29)26-18(14(3)4)22(31)32/h13-18H,5-12,23-24H2,1-4H3,(H,25,28)(H,26,29)(H,31,32). The summed E-state index contributed by atoms with van der Waals surface area (Å²) in [7, 11) is 0. The van der Waals surface area contributed by atoms with Crippen LogP contribution in [0.15, 0.2) is 0 Å². The van der Waals surface area contributed by atoms with Crippen LogP contribution < -0.4 is 22.1 Å². The molecule has 4 atom stereocenters. The first kappa shape index (κ1) is 27.8. The second-order valence-electron chi connectivity index (χ2n) is 9.34. The van der Waals surface area contributed by atoms with E-state index in [4.69, 9.17) is 11.5 Å². The van der Waals surface area contributed by atoms with Crippen molar-refractivity contribution < 1.29 is 24.3 Å². The number of nitrogens with two attached hydrogens (primary N) is 2. The molecule has 10 nitrogen and oxygen atoms in total. The summed E-state index contributed by atoms with van der Waals surface area (Å²) in [4.78, 5) is 51.6. The number of nitrogens with zero attached hydrogens (tertiary/aromatic N) is 1. The van der Waals surface area contributed by atoms with Gasteiger partial charge in [0.05, 0.1) is 6.04 Å². The van der Waals surface area contributed by atoms with Gasteiger partial charge in [0.2, 0.25) is 17.7 Å². The van der Waals surface area contributed by atoms with Crippen molar-refractivity contribution in [3.63, 3.8) is 0 Å². The molecule has 1 saturated heterocycles. The highest BCUT2D eigenvalue weighted by molar-refractivity contribution is 5.94. The third-order valence-electron chi connectivity index (χ3n) is 5.69. The van der Waals surface area contributed by atoms with E-state index in [2.05, 4.69) is 10.6 Å². The number of amides is 3. The van der Waals surface area contributed by atoms with Gasteiger partial charge in [0, 0.05) is 6.54 Å². The summed E-state index contributed by atoms with van der Waals surface area (Å²) in [6.45, 7) is 8.19. The van der Waals surface area contributed by atoms with E-state index < -0.39 is 42.0 Å². The zero-order chi connectivity index (χ0) is 24.4. The quantitative estimate of drug-likeness (QED) is 0.247. The second-order valence-corrected chi connectivity index (χ2v) is 9.34. The Hall–Kier alpha value is -2.20. The van der Waals surface area contributed by atoms with Crippen LogP contribution in [-0.2, 0) is 19.2 Å². The lowest BCUT2D eigenvalue weighted by molar-refractivity contribution is -0.145. The van der Waals surface area contributed by atoms with Crippen LogP contribution in [-0.4, -0.2) is 71.0 Å². The summed E-state index contributed by atoms with van der Waals surface area (Å²) in [6, 6.07) is -3.32. The molecule has 0 aromatic rings. The van der Waals surface area contributed by atoms with Gasteiger partial charge in [-0.25, -0.2) is 4.79 Å². The van der Waals surface area contributed by atoms with Crippen molar-refractivity contribution in [2.24, 2.45) is 23.3 Å². The molecule has 0 spiro atoms. The molecule has 0 aliphatic carbocycles. The van der Waals surface area contributed by atoms with Crippen molar-refractivity contribution in [1.82, 2.24) is 15.5 Å². The van der Waals surface area contributed by atoms with Crippen LogP contribution in [0.3, 0.4) is 0 Å². The lowest BCUT2D eigenvalue weighted by Crippen LogP contribution is -2.57. The van der Waals surface area contributed by atoms with Crippen LogP contribution >= 0.6 is 0 Å². The molecule has 1 rings (SSSR count). The van der Waals surface area contributed by atoms with Gasteiger partial charge < -0.3 is 32.1 Å². The van der Waals surface area contributed by atoms with Gasteiger partial charge in [-0.3, -0.25) is 14.4 Å². The number of hydrogen-bond donors (Lipinski definition) is 5. The maximum absolute atomic E-state index is 13.3. The number of carbonyl (C=O) groups is 4. The fourth-order valence-electron chi connectivity index (χ4n) is 3.91. The molecule has 1 aliphatic heterocycles. The summed E-state index contributed by atoms with van der Waals surface area (Å²) in [6.07, 6.45) is 3.31. The van der Waals surface area contributed by atoms with Gasteiger partial charge in [0.25, 0.3) is 0 Å². The Morgan fingerprint density at radius 1 is 1.09 bits per heavy atom. The highest BCUT2D eigenvalue weighted by atomic mass is 16.4. The lowest BCUT2D eigenvalue weighted by Gasteiger charge is -2.30. The normalized spacial score (nSPS) is 19.0. The number of carboxylic acid groups (broad SMARTS) is 1. The monoisotopic (exact) mass is 455 g/mol. The van der Waals surface area contributed by atoms with Gasteiger partial charge in [0.15, 0.2) is 0 Å². The van der Waals surface area contributed by atoms with E-state index in [1.807, 2.05) is 13.8 Å². The van der Waals surface area contributed by atoms with E-state index in [0.717, 1.165) is 0 Å². The molecule has 0 aromatic carbocycles. The molecular weight excluding hydrogens is 414 g/mol. The fraction of sp³-hybridized carbons (Fsp3) is 0.818. The van der Waals surface area contributed by atoms with E-state index in [1.165, 1.54) is 4.90 Å². The Balaban J connectivity index is 2.94. The second kappa shape index (κ2) is 13.4. The van der Waals surface area contributed by atoms with Crippen LogP contribution in [0.1, 0.15) is 66.2 Å². The van der Waals surface area contributed by atoms with Gasteiger partial charge in [0.1, 0.15) is 18.1 Å². The van der Waals surface area contributed by atoms with Crippen LogP contribution in [0, 0.1) is 11.8 Å². The SMILES string of the molecule is CC(C)CC(N)C(=O)NC(CCCCN)C(=O)N1CCCC1C(=O)NC(C(=O)O)C(C)C. The third-order valence-corrected chi connectivity index (χ3v) is 5.69. The molecule has 1 heterocycles. The summed E-state index contributed by atoms with van der Waals surface area (Å²) in [5.74, 6) is -2.41. The molecule has 0 saturated carbocycles. The van der Waals surface area contributed by atoms with E-state index >= 15 is 0 Å². The topological polar surface area (TPSA) is 168 Å². The van der Waals surface area contributed by atoms with Gasteiger partial charge in [-0.05, 0) is 56.9 Å². The highest BCUT2D eigenvalue weighted by Gasteiger charge is 2.39. The van der Waals surface area contributed by atoms with Crippen molar-refractivity contribution in [2.75, 3.05) is 13.1 Å². The maximum Gasteiger partial charge on any atom is 0.326 e. The summed E-state index contributed by atoms with van der Waals surface area (Å²) in [5.41, 5.74) is 11.6. The number of nitrogens with one attached hydrogen (secondary N) is 2. The van der Waals surface area contributed by atoms with Crippen LogP contribution in [0.4, 0.5) is 0 Å². The molecule has 3 amide bonds. The maximum atomic E-state index is 13.3. The minimum Gasteiger partial charge on any atom is -0.480 e. The highest BCUT2D eigenvalue weighted by Crippen LogP contribution is 2.21. The molecule has 0 bridgehead atoms. The number of likely N-dealkylation sites (tertiary alicyclic amines) is 1. The zero-order valence-electron chi connectivity index (χ0n) is 19.8. The largest absolute Gasteiger partial charge is 0.480 e. The number of carbonyl (C=O) groups excluding carboxylic acids is 3. The lowest BCUT2D eigenvalue weighted by atomic mass is 10.0. The number of carboxylic acids is 1. The molecule has 1 aliphatic rings. The first-order chi connectivity index (χ1) is 15.0. The molecule has 4 unspecified atom stereocenters. The third kappa shape index (κ3) is 8.38. The molecule has 1 fully saturated rings. The smallest absolute Gasteiger partial charge is 0.326 e. The van der Waals surface area contributed by atoms with Crippen molar-refractivity contribution >= 4 is 23.7 Å². The minimum atomic E-state index is -1.12. The van der Waals surface area contributed by atoms with Crippen molar-refractivity contribution in [3.05, 3.63) is 0 Å². The first-order valence-electron chi connectivity index (χ1n) is 11.6. The van der Waals surface area contributed by atoms with Gasteiger partial charge in [-0.15, -0.1) is 0 Å². The van der Waals surface area contributed by atoms with E-state index in [0.29, 0.717) is 51.6 Å². The van der Waals surface area contributed by atoms with Crippen LogP contribution in [0.2, 0.25) is 0 Å². The Bertz CT molecular complexity index is 655. The molecule has 0 radical (unpaired) electrons. The van der Waals surface area contributed by atoms with E-state index in [1.54, 1.807) is 13.8 Å². The number of hydrogen-bond acceptors (Lipinski definition) is 6. The molecule has 32 heavy (non-hydrogen) atoms. The van der Waals surface area contributed by atoms with Crippen molar-refractivity contribution in [2.45, 2.75) is 90.4 Å². The van der Waals surface area contributed by atoms with Gasteiger partial charge in [-0.2, -0.15) is 0 Å². The summed E-state index contributed by atoms with van der Waals surface area (Å²) >= 11 is 0. The Morgan fingerprint density at radius 3 is 2.28 bits per heavy atom. The summed E-state index contributed by atoms with van der Waals surface area (Å²) < 4.78 is 0. The molecule has 7 N–H and O–H groups in total. The van der Waals surface area contributed by atoms with Gasteiger partial charge >= 0.3 is 5.97 Å². The molecule has 184 valence electrons. The Kier molecular flexibility index (Phi) is 11.6. The average molecular weight is 456 g/mol. The zero-order valence-corrected chi connectivity index (χ0v) is 19.8.